The van der Waals surface area contributed by atoms with Gasteiger partial charge in [-0.3, -0.25) is 28.2 Å². The number of ether oxygens (including phenoxy) is 2. The summed E-state index contributed by atoms with van der Waals surface area (Å²) in [5.41, 5.74) is 2.33. The molecule has 260 valence electrons. The average molecular weight is 699 g/mol. The van der Waals surface area contributed by atoms with Gasteiger partial charge in [0, 0.05) is 24.1 Å². The average Bonchev–Trinajstić information content (AvgIpc) is 3.54. The van der Waals surface area contributed by atoms with Crippen LogP contribution in [0.1, 0.15) is 52.3 Å². The van der Waals surface area contributed by atoms with Gasteiger partial charge in [-0.1, -0.05) is 51.1 Å². The molecule has 1 saturated heterocycles. The van der Waals surface area contributed by atoms with Gasteiger partial charge in [0.1, 0.15) is 23.2 Å². The Labute approximate surface area is 276 Å². The van der Waals surface area contributed by atoms with Gasteiger partial charge < -0.3 is 30.5 Å². The number of nitrogens with one attached hydrogen (secondary N) is 2. The minimum atomic E-state index is -4.05. The smallest absolute Gasteiger partial charge is 0.405 e. The summed E-state index contributed by atoms with van der Waals surface area (Å²) >= 11 is 1.14. The van der Waals surface area contributed by atoms with Crippen molar-refractivity contribution < 1.29 is 43.2 Å². The molecule has 2 aromatic heterocycles. The fourth-order valence-electron chi connectivity index (χ4n) is 4.73. The Hall–Kier alpha value is -2.86. The van der Waals surface area contributed by atoms with Crippen LogP contribution in [0.4, 0.5) is 5.95 Å². The zero-order valence-electron chi connectivity index (χ0n) is 26.7. The van der Waals surface area contributed by atoms with E-state index in [1.54, 1.807) is 13.8 Å². The first-order chi connectivity index (χ1) is 22.2. The lowest BCUT2D eigenvalue weighted by molar-refractivity contribution is -0.147. The predicted molar refractivity (Wildman–Crippen MR) is 174 cm³/mol. The van der Waals surface area contributed by atoms with E-state index in [1.807, 2.05) is 37.3 Å². The molecule has 18 heteroatoms. The van der Waals surface area contributed by atoms with E-state index >= 15 is 0 Å². The predicted octanol–water partition coefficient (Wildman–Crippen LogP) is 2.06. The molecule has 4 rings (SSSR count). The van der Waals surface area contributed by atoms with Crippen LogP contribution in [0.3, 0.4) is 0 Å². The normalized spacial score (nSPS) is 23.5. The molecule has 3 unspecified atom stereocenters. The van der Waals surface area contributed by atoms with Gasteiger partial charge >= 0.3 is 13.7 Å². The molecule has 0 aliphatic carbocycles. The maximum Gasteiger partial charge on any atom is 0.405 e. The first kappa shape index (κ1) is 37.0. The van der Waals surface area contributed by atoms with Crippen molar-refractivity contribution in [3.63, 3.8) is 0 Å². The van der Waals surface area contributed by atoms with Crippen molar-refractivity contribution >= 4 is 42.6 Å². The monoisotopic (exact) mass is 698 g/mol. The summed E-state index contributed by atoms with van der Waals surface area (Å²) in [6.07, 6.45) is -1.77. The molecule has 0 amide bonds. The highest BCUT2D eigenvalue weighted by molar-refractivity contribution is 7.99. The van der Waals surface area contributed by atoms with Crippen molar-refractivity contribution in [2.45, 2.75) is 76.6 Å². The van der Waals surface area contributed by atoms with E-state index in [9.17, 15) is 29.5 Å². The number of nitrogens with zero attached hydrogens (tertiary/aromatic N) is 3. The Morgan fingerprint density at radius 3 is 2.74 bits per heavy atom. The summed E-state index contributed by atoms with van der Waals surface area (Å²) in [6, 6.07) is 9.14. The molecule has 47 heavy (non-hydrogen) atoms. The van der Waals surface area contributed by atoms with E-state index in [1.165, 1.54) is 17.8 Å². The van der Waals surface area contributed by atoms with Gasteiger partial charge in [0.2, 0.25) is 5.95 Å². The summed E-state index contributed by atoms with van der Waals surface area (Å²) in [4.78, 5) is 34.5. The highest BCUT2D eigenvalue weighted by Gasteiger charge is 2.54. The molecule has 1 aliphatic heterocycles. The molecule has 0 spiro atoms. The molecule has 16 nitrogen and oxygen atoms in total. The number of aromatic amines is 1. The highest BCUT2D eigenvalue weighted by Crippen LogP contribution is 2.47. The molecular formula is C29H43N6O10PS. The van der Waals surface area contributed by atoms with Crippen LogP contribution >= 0.6 is 19.5 Å². The maximum atomic E-state index is 13.9. The lowest BCUT2D eigenvalue weighted by Crippen LogP contribution is -2.44. The number of aromatic nitrogens is 4. The second kappa shape index (κ2) is 15.6. The third kappa shape index (κ3) is 9.19. The van der Waals surface area contributed by atoms with E-state index in [0.29, 0.717) is 12.8 Å². The van der Waals surface area contributed by atoms with Crippen molar-refractivity contribution in [1.29, 1.82) is 0 Å². The van der Waals surface area contributed by atoms with Crippen LogP contribution in [0.5, 0.6) is 0 Å². The third-order valence-electron chi connectivity index (χ3n) is 7.53. The summed E-state index contributed by atoms with van der Waals surface area (Å²) in [5.74, 6) is -0.284. The Morgan fingerprint density at radius 1 is 1.32 bits per heavy atom. The van der Waals surface area contributed by atoms with E-state index in [-0.39, 0.29) is 48.6 Å². The number of fused-ring (bicyclic) bond motifs is 1. The Morgan fingerprint density at radius 2 is 2.04 bits per heavy atom. The fourth-order valence-corrected chi connectivity index (χ4v) is 7.09. The number of esters is 1. The fraction of sp³-hybridized carbons (Fsp3) is 0.586. The first-order valence-electron chi connectivity index (χ1n) is 15.1. The van der Waals surface area contributed by atoms with Crippen molar-refractivity contribution in [1.82, 2.24) is 24.6 Å². The molecule has 6 atom stereocenters. The summed E-state index contributed by atoms with van der Waals surface area (Å²) < 4.78 is 37.8. The van der Waals surface area contributed by atoms with Gasteiger partial charge in [-0.15, -0.1) is 11.8 Å². The number of hydrogen-bond donors (Lipinski definition) is 6. The van der Waals surface area contributed by atoms with Gasteiger partial charge in [-0.25, -0.2) is 14.6 Å². The largest absolute Gasteiger partial charge is 0.465 e. The van der Waals surface area contributed by atoms with Crippen LogP contribution in [0.25, 0.3) is 11.2 Å². The Kier molecular flexibility index (Phi) is 12.2. The number of nitrogen functional groups attached to an aromatic ring is 1. The number of anilines is 1. The lowest BCUT2D eigenvalue weighted by atomic mass is 9.96. The number of carbonyl (C=O) groups is 1. The van der Waals surface area contributed by atoms with Crippen LogP contribution in [0.15, 0.2) is 41.5 Å². The molecule has 0 bridgehead atoms. The zero-order chi connectivity index (χ0) is 34.4. The molecule has 7 N–H and O–H groups in total. The number of thioether (sulfide) groups is 1. The SMILES string of the molecule is CCCC(=O)OCC(C)(C)C(O)SCCOP(=O)(NCc1ccccc1)OCC1O[C@@H](n2cnc3c(=O)[nH]c(N)nc32)[C@](C)(O)[C@@H]1O. The Bertz CT molecular complexity index is 1600. The second-order valence-corrected chi connectivity index (χ2v) is 15.1. The Balaban J connectivity index is 1.41. The van der Waals surface area contributed by atoms with Crippen molar-refractivity contribution in [2.75, 3.05) is 31.3 Å². The first-order valence-corrected chi connectivity index (χ1v) is 17.7. The van der Waals surface area contributed by atoms with E-state index in [2.05, 4.69) is 20.0 Å². The van der Waals surface area contributed by atoms with Crippen LogP contribution in [0.2, 0.25) is 0 Å². The molecule has 0 radical (unpaired) electrons. The van der Waals surface area contributed by atoms with Crippen LogP contribution in [-0.2, 0) is 34.4 Å². The maximum absolute atomic E-state index is 13.9. The third-order valence-corrected chi connectivity index (χ3v) is 10.4. The number of H-pyrrole nitrogens is 1. The van der Waals surface area contributed by atoms with Crippen molar-refractivity contribution in [3.8, 4) is 0 Å². The van der Waals surface area contributed by atoms with Crippen LogP contribution in [-0.4, -0.2) is 89.6 Å². The second-order valence-electron chi connectivity index (χ2n) is 12.0. The number of rotatable bonds is 17. The van der Waals surface area contributed by atoms with E-state index < -0.39 is 54.8 Å². The number of nitrogens with two attached hydrogens (primary N) is 1. The molecule has 3 aromatic rings. The molecule has 3 heterocycles. The summed E-state index contributed by atoms with van der Waals surface area (Å²) in [5, 5.41) is 35.8. The molecule has 1 aliphatic rings. The quantitative estimate of drug-likeness (QED) is 0.0513. The van der Waals surface area contributed by atoms with Crippen molar-refractivity contribution in [2.24, 2.45) is 5.41 Å². The minimum Gasteiger partial charge on any atom is -0.465 e. The van der Waals surface area contributed by atoms with E-state index in [0.717, 1.165) is 17.3 Å². The van der Waals surface area contributed by atoms with Gasteiger partial charge in [0.15, 0.2) is 17.4 Å². The molecule has 1 fully saturated rings. The number of carbonyl (C=O) groups excluding carboxylic acids is 1. The van der Waals surface area contributed by atoms with Gasteiger partial charge in [0.25, 0.3) is 5.56 Å². The lowest BCUT2D eigenvalue weighted by Gasteiger charge is -2.29. The molecule has 1 aromatic carbocycles. The van der Waals surface area contributed by atoms with Gasteiger partial charge in [0.05, 0.1) is 26.1 Å². The number of aliphatic hydroxyl groups is 3. The summed E-state index contributed by atoms with van der Waals surface area (Å²) in [6.45, 7) is 6.36. The van der Waals surface area contributed by atoms with Gasteiger partial charge in [-0.05, 0) is 18.9 Å². The van der Waals surface area contributed by atoms with E-state index in [4.69, 9.17) is 24.3 Å². The number of aliphatic hydroxyl groups excluding tert-OH is 2. The van der Waals surface area contributed by atoms with Gasteiger partial charge in [-0.2, -0.15) is 4.98 Å². The zero-order valence-corrected chi connectivity index (χ0v) is 28.4. The number of imidazole rings is 1. The highest BCUT2D eigenvalue weighted by atomic mass is 32.2. The topological polar surface area (TPSA) is 233 Å². The number of hydrogen-bond acceptors (Lipinski definition) is 14. The molecule has 0 saturated carbocycles. The van der Waals surface area contributed by atoms with Crippen molar-refractivity contribution in [3.05, 3.63) is 52.6 Å². The molecular weight excluding hydrogens is 655 g/mol. The standard InChI is InChI=1S/C29H43N6O10PS/c1-5-9-20(36)42-16-28(2,3)26(39)47-13-12-43-46(41,32-14-18-10-7-6-8-11-18)44-15-19-22(37)29(4,40)25(45-19)35-17-31-21-23(35)33-27(30)34-24(21)38/h6-8,10-11,17,19,22,25-26,37,39-40H,5,9,12-16H2,1-4H3,(H,32,41)(H3,30,33,34,38)/t19?,22-,25-,26?,29-,46?/m1/s1. The van der Waals surface area contributed by atoms with Crippen LogP contribution < -0.4 is 16.4 Å². The minimum absolute atomic E-state index is 0.0321. The van der Waals surface area contributed by atoms with Crippen LogP contribution in [0, 0.1) is 5.41 Å². The summed E-state index contributed by atoms with van der Waals surface area (Å²) in [7, 11) is -4.05. The number of benzene rings is 1.